The maximum Gasteiger partial charge on any atom is 0.241 e. The first-order valence-electron chi connectivity index (χ1n) is 8.96. The zero-order valence-electron chi connectivity index (χ0n) is 15.4. The SMILES string of the molecule is Cc1nc2ccc(S(=O)(=O)NC(C(=O)N3CCCCC3)C(C)C)cc2s1. The highest BCUT2D eigenvalue weighted by atomic mass is 32.2. The van der Waals surface area contributed by atoms with E-state index in [1.165, 1.54) is 11.3 Å². The molecule has 6 nitrogen and oxygen atoms in total. The molecule has 1 N–H and O–H groups in total. The first-order chi connectivity index (χ1) is 12.3. The van der Waals surface area contributed by atoms with Gasteiger partial charge in [-0.15, -0.1) is 11.3 Å². The number of fused-ring (bicyclic) bond motifs is 1. The number of likely N-dealkylation sites (tertiary alicyclic amines) is 1. The fourth-order valence-corrected chi connectivity index (χ4v) is 5.51. The van der Waals surface area contributed by atoms with E-state index >= 15 is 0 Å². The molecule has 1 saturated heterocycles. The average Bonchev–Trinajstić information content (AvgIpc) is 2.99. The van der Waals surface area contributed by atoms with E-state index in [4.69, 9.17) is 0 Å². The molecule has 1 fully saturated rings. The third kappa shape index (κ3) is 4.07. The molecule has 1 unspecified atom stereocenters. The summed E-state index contributed by atoms with van der Waals surface area (Å²) in [4.78, 5) is 19.2. The van der Waals surface area contributed by atoms with E-state index in [2.05, 4.69) is 9.71 Å². The average molecular weight is 396 g/mol. The Morgan fingerprint density at radius 3 is 2.58 bits per heavy atom. The zero-order valence-corrected chi connectivity index (χ0v) is 17.0. The van der Waals surface area contributed by atoms with Crippen molar-refractivity contribution in [2.24, 2.45) is 5.92 Å². The zero-order chi connectivity index (χ0) is 18.9. The molecule has 2 aromatic rings. The molecule has 0 spiro atoms. The van der Waals surface area contributed by atoms with Crippen LogP contribution >= 0.6 is 11.3 Å². The highest BCUT2D eigenvalue weighted by Crippen LogP contribution is 2.25. The molecule has 0 aliphatic carbocycles. The number of piperidine rings is 1. The molecule has 3 rings (SSSR count). The molecule has 0 radical (unpaired) electrons. The predicted octanol–water partition coefficient (Wildman–Crippen LogP) is 2.92. The minimum Gasteiger partial charge on any atom is -0.341 e. The smallest absolute Gasteiger partial charge is 0.241 e. The van der Waals surface area contributed by atoms with Gasteiger partial charge in [0.2, 0.25) is 15.9 Å². The molecule has 0 saturated carbocycles. The van der Waals surface area contributed by atoms with Gasteiger partial charge in [0.1, 0.15) is 6.04 Å². The van der Waals surface area contributed by atoms with Crippen LogP contribution in [0.4, 0.5) is 0 Å². The Labute approximate surface area is 158 Å². The third-order valence-corrected chi connectivity index (χ3v) is 7.03. The summed E-state index contributed by atoms with van der Waals surface area (Å²) in [5, 5.41) is 0.892. The molecule has 1 aromatic carbocycles. The summed E-state index contributed by atoms with van der Waals surface area (Å²) in [5.74, 6) is -0.258. The lowest BCUT2D eigenvalue weighted by Gasteiger charge is -2.32. The summed E-state index contributed by atoms with van der Waals surface area (Å²) in [6.07, 6.45) is 3.07. The summed E-state index contributed by atoms with van der Waals surface area (Å²) in [6, 6.07) is 4.14. The standard InChI is InChI=1S/C18H25N3O3S2/c1-12(2)17(18(22)21-9-5-4-6-10-21)20-26(23,24)14-7-8-15-16(11-14)25-13(3)19-15/h7-8,11-12,17,20H,4-6,9-10H2,1-3H3. The van der Waals surface area contributed by atoms with Gasteiger partial charge in [-0.2, -0.15) is 4.72 Å². The van der Waals surface area contributed by atoms with Crippen LogP contribution in [-0.4, -0.2) is 43.3 Å². The van der Waals surface area contributed by atoms with Crippen molar-refractivity contribution in [1.82, 2.24) is 14.6 Å². The quantitative estimate of drug-likeness (QED) is 0.844. The molecule has 1 atom stereocenters. The number of hydrogen-bond donors (Lipinski definition) is 1. The molecule has 0 bridgehead atoms. The fraction of sp³-hybridized carbons (Fsp3) is 0.556. The largest absolute Gasteiger partial charge is 0.341 e. The Kier molecular flexibility index (Phi) is 5.64. The van der Waals surface area contributed by atoms with E-state index in [9.17, 15) is 13.2 Å². The van der Waals surface area contributed by atoms with Crippen LogP contribution in [0.1, 0.15) is 38.1 Å². The summed E-state index contributed by atoms with van der Waals surface area (Å²) in [6.45, 7) is 7.03. The van der Waals surface area contributed by atoms with E-state index < -0.39 is 16.1 Å². The van der Waals surface area contributed by atoms with E-state index in [1.807, 2.05) is 20.8 Å². The van der Waals surface area contributed by atoms with Crippen molar-refractivity contribution in [2.45, 2.75) is 51.0 Å². The number of nitrogens with one attached hydrogen (secondary N) is 1. The number of carbonyl (C=O) groups excluding carboxylic acids is 1. The van der Waals surface area contributed by atoms with E-state index in [1.54, 1.807) is 23.1 Å². The molecule has 26 heavy (non-hydrogen) atoms. The Morgan fingerprint density at radius 2 is 1.92 bits per heavy atom. The number of aryl methyl sites for hydroxylation is 1. The molecule has 1 amide bonds. The van der Waals surface area contributed by atoms with Crippen LogP contribution in [0.5, 0.6) is 0 Å². The van der Waals surface area contributed by atoms with E-state index in [0.717, 1.165) is 34.5 Å². The van der Waals surface area contributed by atoms with Crippen LogP contribution in [0.15, 0.2) is 23.1 Å². The minimum atomic E-state index is -3.79. The van der Waals surface area contributed by atoms with Crippen molar-refractivity contribution in [2.75, 3.05) is 13.1 Å². The van der Waals surface area contributed by atoms with Crippen LogP contribution in [0.3, 0.4) is 0 Å². The molecule has 8 heteroatoms. The maximum atomic E-state index is 12.9. The first kappa shape index (κ1) is 19.3. The number of sulfonamides is 1. The van der Waals surface area contributed by atoms with Crippen LogP contribution < -0.4 is 4.72 Å². The van der Waals surface area contributed by atoms with Gasteiger partial charge in [-0.25, -0.2) is 13.4 Å². The van der Waals surface area contributed by atoms with Crippen LogP contribution in [0.2, 0.25) is 0 Å². The van der Waals surface area contributed by atoms with Crippen molar-refractivity contribution < 1.29 is 13.2 Å². The topological polar surface area (TPSA) is 79.4 Å². The lowest BCUT2D eigenvalue weighted by atomic mass is 10.0. The number of carbonyl (C=O) groups is 1. The highest BCUT2D eigenvalue weighted by molar-refractivity contribution is 7.89. The Morgan fingerprint density at radius 1 is 1.23 bits per heavy atom. The van der Waals surface area contributed by atoms with Gasteiger partial charge in [-0.3, -0.25) is 4.79 Å². The van der Waals surface area contributed by atoms with Gasteiger partial charge in [-0.05, 0) is 50.3 Å². The number of hydrogen-bond acceptors (Lipinski definition) is 5. The van der Waals surface area contributed by atoms with Crippen molar-refractivity contribution in [3.05, 3.63) is 23.2 Å². The van der Waals surface area contributed by atoms with Gasteiger partial charge in [0.15, 0.2) is 0 Å². The molecule has 1 aliphatic heterocycles. The number of benzene rings is 1. The Bertz CT molecular complexity index is 900. The first-order valence-corrected chi connectivity index (χ1v) is 11.3. The number of thiazole rings is 1. The second kappa shape index (κ2) is 7.62. The van der Waals surface area contributed by atoms with E-state index in [-0.39, 0.29) is 16.7 Å². The summed E-state index contributed by atoms with van der Waals surface area (Å²) >= 11 is 1.46. The minimum absolute atomic E-state index is 0.127. The predicted molar refractivity (Wildman–Crippen MR) is 104 cm³/mol. The monoisotopic (exact) mass is 395 g/mol. The fourth-order valence-electron chi connectivity index (χ4n) is 3.21. The second-order valence-corrected chi connectivity index (χ2v) is 10.0. The van der Waals surface area contributed by atoms with Gasteiger partial charge in [0.05, 0.1) is 20.1 Å². The number of aromatic nitrogens is 1. The Balaban J connectivity index is 1.85. The van der Waals surface area contributed by atoms with Crippen LogP contribution in [0, 0.1) is 12.8 Å². The van der Waals surface area contributed by atoms with Crippen LogP contribution in [0.25, 0.3) is 10.2 Å². The normalized spacial score (nSPS) is 17.0. The lowest BCUT2D eigenvalue weighted by Crippen LogP contribution is -2.52. The van der Waals surface area contributed by atoms with Gasteiger partial charge >= 0.3 is 0 Å². The van der Waals surface area contributed by atoms with Gasteiger partial charge in [0, 0.05) is 13.1 Å². The molecule has 2 heterocycles. The number of nitrogens with zero attached hydrogens (tertiary/aromatic N) is 2. The number of rotatable bonds is 5. The van der Waals surface area contributed by atoms with Crippen molar-refractivity contribution in [1.29, 1.82) is 0 Å². The second-order valence-electron chi connectivity index (χ2n) is 7.09. The molecular weight excluding hydrogens is 370 g/mol. The number of amides is 1. The maximum absolute atomic E-state index is 12.9. The highest BCUT2D eigenvalue weighted by Gasteiger charge is 2.32. The van der Waals surface area contributed by atoms with Gasteiger partial charge in [-0.1, -0.05) is 13.8 Å². The molecule has 1 aliphatic rings. The lowest BCUT2D eigenvalue weighted by molar-refractivity contribution is -0.134. The van der Waals surface area contributed by atoms with Crippen LogP contribution in [-0.2, 0) is 14.8 Å². The molecule has 142 valence electrons. The molecule has 1 aromatic heterocycles. The van der Waals surface area contributed by atoms with Crippen molar-refractivity contribution in [3.8, 4) is 0 Å². The third-order valence-electron chi connectivity index (χ3n) is 4.66. The van der Waals surface area contributed by atoms with Crippen molar-refractivity contribution in [3.63, 3.8) is 0 Å². The van der Waals surface area contributed by atoms with Crippen molar-refractivity contribution >= 4 is 37.5 Å². The molecular formula is C18H25N3O3S2. The van der Waals surface area contributed by atoms with Gasteiger partial charge < -0.3 is 4.90 Å². The van der Waals surface area contributed by atoms with Gasteiger partial charge in [0.25, 0.3) is 0 Å². The Hall–Kier alpha value is -1.51. The summed E-state index contributed by atoms with van der Waals surface area (Å²) in [5.41, 5.74) is 0.788. The van der Waals surface area contributed by atoms with E-state index in [0.29, 0.717) is 13.1 Å². The summed E-state index contributed by atoms with van der Waals surface area (Å²) in [7, 11) is -3.79. The summed E-state index contributed by atoms with van der Waals surface area (Å²) < 4.78 is 29.2.